The Balaban J connectivity index is 1.44. The molecule has 0 bridgehead atoms. The fraction of sp³-hybridized carbons (Fsp3) is 0.238. The summed E-state index contributed by atoms with van der Waals surface area (Å²) >= 11 is 0. The van der Waals surface area contributed by atoms with Gasteiger partial charge >= 0.3 is 0 Å². The Labute approximate surface area is 166 Å². The first-order valence-corrected chi connectivity index (χ1v) is 9.33. The molecule has 4 aromatic rings. The van der Waals surface area contributed by atoms with Gasteiger partial charge in [-0.15, -0.1) is 5.10 Å². The van der Waals surface area contributed by atoms with E-state index >= 15 is 0 Å². The van der Waals surface area contributed by atoms with Crippen molar-refractivity contribution >= 4 is 27.7 Å². The third-order valence-corrected chi connectivity index (χ3v) is 4.97. The molecule has 4 rings (SSSR count). The van der Waals surface area contributed by atoms with Gasteiger partial charge in [0.15, 0.2) is 0 Å². The highest BCUT2D eigenvalue weighted by Gasteiger charge is 2.18. The molecule has 8 nitrogen and oxygen atoms in total. The van der Waals surface area contributed by atoms with Crippen LogP contribution in [0.3, 0.4) is 0 Å². The summed E-state index contributed by atoms with van der Waals surface area (Å²) in [7, 11) is 1.64. The Hall–Kier alpha value is -3.68. The van der Waals surface area contributed by atoms with Crippen LogP contribution >= 0.6 is 0 Å². The Kier molecular flexibility index (Phi) is 4.99. The van der Waals surface area contributed by atoms with Gasteiger partial charge in [0.2, 0.25) is 5.91 Å². The van der Waals surface area contributed by atoms with Gasteiger partial charge in [-0.2, -0.15) is 4.68 Å². The smallest absolute Gasteiger partial charge is 0.278 e. The molecule has 1 amide bonds. The summed E-state index contributed by atoms with van der Waals surface area (Å²) in [5.74, 6) is 0.522. The van der Waals surface area contributed by atoms with Gasteiger partial charge in [-0.25, -0.2) is 0 Å². The minimum Gasteiger partial charge on any atom is -0.497 e. The topological polar surface area (TPSA) is 91.0 Å². The number of ether oxygens (including phenoxy) is 1. The van der Waals surface area contributed by atoms with Gasteiger partial charge in [0.05, 0.1) is 12.5 Å². The molecule has 0 aliphatic carbocycles. The van der Waals surface area contributed by atoms with Gasteiger partial charge < -0.3 is 14.6 Å². The minimum atomic E-state index is -0.759. The van der Waals surface area contributed by atoms with Crippen molar-refractivity contribution in [2.45, 2.75) is 19.5 Å². The molecule has 0 fully saturated rings. The van der Waals surface area contributed by atoms with Crippen LogP contribution in [0.15, 0.2) is 59.5 Å². The molecule has 1 N–H and O–H groups in total. The molecule has 0 unspecified atom stereocenters. The van der Waals surface area contributed by atoms with Crippen molar-refractivity contribution in [3.05, 3.63) is 65.1 Å². The average Bonchev–Trinajstić information content (AvgIpc) is 3.15. The number of hydrogen-bond acceptors (Lipinski definition) is 5. The molecular formula is C21H21N5O3. The number of nitrogens with one attached hydrogen (secondary N) is 1. The summed E-state index contributed by atoms with van der Waals surface area (Å²) in [5, 5.41) is 12.3. The van der Waals surface area contributed by atoms with Gasteiger partial charge in [-0.05, 0) is 43.3 Å². The highest BCUT2D eigenvalue weighted by Crippen LogP contribution is 2.21. The second kappa shape index (κ2) is 7.75. The van der Waals surface area contributed by atoms with Gasteiger partial charge in [-0.3, -0.25) is 9.59 Å². The number of nitrogens with zero attached hydrogens (tertiary/aromatic N) is 4. The molecule has 2 heterocycles. The summed E-state index contributed by atoms with van der Waals surface area (Å²) in [6, 6.07) is 14.1. The summed E-state index contributed by atoms with van der Waals surface area (Å²) in [6.07, 6.45) is 1.97. The first-order chi connectivity index (χ1) is 14.1. The molecule has 148 valence electrons. The summed E-state index contributed by atoms with van der Waals surface area (Å²) in [6.45, 7) is 2.67. The molecule has 2 aromatic heterocycles. The molecule has 8 heteroatoms. The maximum Gasteiger partial charge on any atom is 0.278 e. The Bertz CT molecular complexity index is 1240. The van der Waals surface area contributed by atoms with E-state index in [0.29, 0.717) is 24.0 Å². The van der Waals surface area contributed by atoms with E-state index in [2.05, 4.69) is 20.2 Å². The molecule has 29 heavy (non-hydrogen) atoms. The lowest BCUT2D eigenvalue weighted by atomic mass is 10.2. The van der Waals surface area contributed by atoms with Crippen molar-refractivity contribution in [1.29, 1.82) is 0 Å². The summed E-state index contributed by atoms with van der Waals surface area (Å²) in [4.78, 5) is 25.1. The maximum atomic E-state index is 12.6. The number of hydrogen-bond donors (Lipinski definition) is 1. The number of carbonyl (C=O) groups is 1. The Morgan fingerprint density at radius 1 is 1.21 bits per heavy atom. The standard InChI is InChI=1S/C21H21N5O3/c1-14(26-21(28)17-5-3-4-6-18(17)23-24-26)20(27)22-10-12-25-11-9-15-13-16(29-2)7-8-19(15)25/h3-9,11,13-14H,10,12H2,1-2H3,(H,22,27)/t14-/m1/s1. The first kappa shape index (κ1) is 18.7. The Morgan fingerprint density at radius 3 is 2.86 bits per heavy atom. The fourth-order valence-electron chi connectivity index (χ4n) is 3.31. The van der Waals surface area contributed by atoms with E-state index in [-0.39, 0.29) is 11.5 Å². The van der Waals surface area contributed by atoms with E-state index in [1.54, 1.807) is 38.3 Å². The Morgan fingerprint density at radius 2 is 2.03 bits per heavy atom. The third-order valence-electron chi connectivity index (χ3n) is 4.97. The second-order valence-electron chi connectivity index (χ2n) is 6.76. The van der Waals surface area contributed by atoms with E-state index in [0.717, 1.165) is 21.3 Å². The number of carbonyl (C=O) groups excluding carboxylic acids is 1. The lowest BCUT2D eigenvalue weighted by molar-refractivity contribution is -0.124. The van der Waals surface area contributed by atoms with E-state index in [1.807, 2.05) is 30.5 Å². The monoisotopic (exact) mass is 391 g/mol. The molecule has 0 aliphatic rings. The SMILES string of the molecule is COc1ccc2c(ccn2CCNC(=O)[C@@H](C)n2nnc3ccccc3c2=O)c1. The van der Waals surface area contributed by atoms with Crippen LogP contribution in [-0.4, -0.2) is 39.1 Å². The zero-order valence-electron chi connectivity index (χ0n) is 16.2. The predicted molar refractivity (Wildman–Crippen MR) is 110 cm³/mol. The number of rotatable bonds is 6. The quantitative estimate of drug-likeness (QED) is 0.544. The maximum absolute atomic E-state index is 12.6. The van der Waals surface area contributed by atoms with Crippen LogP contribution in [0, 0.1) is 0 Å². The van der Waals surface area contributed by atoms with E-state index in [1.165, 1.54) is 0 Å². The zero-order chi connectivity index (χ0) is 20.4. The lowest BCUT2D eigenvalue weighted by Crippen LogP contribution is -2.38. The van der Waals surface area contributed by atoms with E-state index in [4.69, 9.17) is 4.74 Å². The van der Waals surface area contributed by atoms with Crippen LogP contribution in [0.1, 0.15) is 13.0 Å². The molecule has 0 radical (unpaired) electrons. The molecule has 0 spiro atoms. The molecular weight excluding hydrogens is 370 g/mol. The van der Waals surface area contributed by atoms with Crippen LogP contribution in [0.4, 0.5) is 0 Å². The largest absolute Gasteiger partial charge is 0.497 e. The molecule has 1 atom stereocenters. The number of amides is 1. The molecule has 0 saturated carbocycles. The van der Waals surface area contributed by atoms with Crippen LogP contribution < -0.4 is 15.6 Å². The summed E-state index contributed by atoms with van der Waals surface area (Å²) < 4.78 is 8.42. The highest BCUT2D eigenvalue weighted by atomic mass is 16.5. The van der Waals surface area contributed by atoms with Gasteiger partial charge in [-0.1, -0.05) is 17.3 Å². The van der Waals surface area contributed by atoms with Crippen LogP contribution in [0.25, 0.3) is 21.8 Å². The van der Waals surface area contributed by atoms with Crippen molar-refractivity contribution in [2.75, 3.05) is 13.7 Å². The molecule has 2 aromatic carbocycles. The van der Waals surface area contributed by atoms with Crippen molar-refractivity contribution < 1.29 is 9.53 Å². The number of aromatic nitrogens is 4. The summed E-state index contributed by atoms with van der Waals surface area (Å²) in [5.41, 5.74) is 1.24. The lowest BCUT2D eigenvalue weighted by Gasteiger charge is -2.14. The highest BCUT2D eigenvalue weighted by molar-refractivity contribution is 5.82. The third kappa shape index (κ3) is 3.56. The van der Waals surface area contributed by atoms with Crippen molar-refractivity contribution in [2.24, 2.45) is 0 Å². The average molecular weight is 391 g/mol. The predicted octanol–water partition coefficient (Wildman–Crippen LogP) is 2.13. The van der Waals surface area contributed by atoms with Crippen LogP contribution in [0.2, 0.25) is 0 Å². The normalized spacial score (nSPS) is 12.2. The number of methoxy groups -OCH3 is 1. The van der Waals surface area contributed by atoms with Gasteiger partial charge in [0, 0.05) is 30.2 Å². The van der Waals surface area contributed by atoms with Crippen molar-refractivity contribution in [3.8, 4) is 5.75 Å². The van der Waals surface area contributed by atoms with Crippen molar-refractivity contribution in [3.63, 3.8) is 0 Å². The van der Waals surface area contributed by atoms with E-state index < -0.39 is 6.04 Å². The molecule has 0 aliphatic heterocycles. The fourth-order valence-corrected chi connectivity index (χ4v) is 3.31. The van der Waals surface area contributed by atoms with E-state index in [9.17, 15) is 9.59 Å². The van der Waals surface area contributed by atoms with Gasteiger partial charge in [0.25, 0.3) is 5.56 Å². The minimum absolute atomic E-state index is 0.283. The number of fused-ring (bicyclic) bond motifs is 2. The molecule has 0 saturated heterocycles. The zero-order valence-corrected chi connectivity index (χ0v) is 16.2. The number of benzene rings is 2. The van der Waals surface area contributed by atoms with Gasteiger partial charge in [0.1, 0.15) is 17.3 Å². The van der Waals surface area contributed by atoms with Crippen LogP contribution in [0.5, 0.6) is 5.75 Å². The van der Waals surface area contributed by atoms with Crippen molar-refractivity contribution in [1.82, 2.24) is 24.9 Å². The second-order valence-corrected chi connectivity index (χ2v) is 6.76. The first-order valence-electron chi connectivity index (χ1n) is 9.33. The van der Waals surface area contributed by atoms with Crippen LogP contribution in [-0.2, 0) is 11.3 Å².